The number of benzene rings is 3. The van der Waals surface area contributed by atoms with E-state index in [1.165, 1.54) is 36.0 Å². The van der Waals surface area contributed by atoms with Gasteiger partial charge in [-0.1, -0.05) is 54.2 Å². The third kappa shape index (κ3) is 6.33. The van der Waals surface area contributed by atoms with Crippen LogP contribution < -0.4 is 4.72 Å². The number of nitrogens with one attached hydrogen (secondary N) is 1. The minimum Gasteiger partial charge on any atom is -0.305 e. The topological polar surface area (TPSA) is 76.9 Å². The maximum atomic E-state index is 13.5. The van der Waals surface area contributed by atoms with E-state index in [0.717, 1.165) is 23.3 Å². The van der Waals surface area contributed by atoms with Crippen LogP contribution in [0.3, 0.4) is 0 Å². The van der Waals surface area contributed by atoms with Crippen LogP contribution >= 0.6 is 11.8 Å². The van der Waals surface area contributed by atoms with Crippen LogP contribution in [0.1, 0.15) is 29.9 Å². The third-order valence-corrected chi connectivity index (χ3v) is 7.86. The number of hydrogen-bond donors (Lipinski definition) is 1. The van der Waals surface area contributed by atoms with Crippen LogP contribution in [0.5, 0.6) is 0 Å². The Kier molecular flexibility index (Phi) is 7.94. The highest BCUT2D eigenvalue weighted by molar-refractivity contribution is 7.98. The normalized spacial score (nSPS) is 12.5. The molecule has 1 aromatic heterocycles. The van der Waals surface area contributed by atoms with Crippen molar-refractivity contribution >= 4 is 21.8 Å². The summed E-state index contributed by atoms with van der Waals surface area (Å²) < 4.78 is 57.7. The molecule has 0 fully saturated rings. The van der Waals surface area contributed by atoms with E-state index >= 15 is 0 Å². The summed E-state index contributed by atoms with van der Waals surface area (Å²) in [6.07, 6.45) is 0.341. The van der Waals surface area contributed by atoms with Crippen LogP contribution in [-0.2, 0) is 28.7 Å². The lowest BCUT2D eigenvalue weighted by atomic mass is 10.1. The Balaban J connectivity index is 1.64. The van der Waals surface area contributed by atoms with Gasteiger partial charge in [-0.3, -0.25) is 0 Å². The minimum atomic E-state index is -3.97. The smallest absolute Gasteiger partial charge is 0.241 e. The van der Waals surface area contributed by atoms with E-state index in [4.69, 9.17) is 0 Å². The fourth-order valence-corrected chi connectivity index (χ4v) is 5.79. The molecule has 0 unspecified atom stereocenters. The largest absolute Gasteiger partial charge is 0.305 e. The first-order chi connectivity index (χ1) is 16.9. The predicted octanol–water partition coefficient (Wildman–Crippen LogP) is 5.13. The fourth-order valence-electron chi connectivity index (χ4n) is 3.64. The summed E-state index contributed by atoms with van der Waals surface area (Å²) in [7, 11) is -3.97. The molecule has 0 spiro atoms. The Hall–Kier alpha value is -3.08. The Morgan fingerprint density at radius 1 is 0.914 bits per heavy atom. The maximum Gasteiger partial charge on any atom is 0.241 e. The highest BCUT2D eigenvalue weighted by Crippen LogP contribution is 2.27. The maximum absolute atomic E-state index is 13.5. The summed E-state index contributed by atoms with van der Waals surface area (Å²) in [6, 6.07) is 19.8. The van der Waals surface area contributed by atoms with Gasteiger partial charge in [0.05, 0.1) is 10.9 Å². The zero-order chi connectivity index (χ0) is 24.8. The molecule has 0 radical (unpaired) electrons. The van der Waals surface area contributed by atoms with Gasteiger partial charge in [-0.2, -0.15) is 0 Å². The predicted molar refractivity (Wildman–Crippen MR) is 131 cm³/mol. The first-order valence-corrected chi connectivity index (χ1v) is 13.4. The molecule has 0 saturated carbocycles. The number of aromatic nitrogens is 3. The molecule has 1 heterocycles. The van der Waals surface area contributed by atoms with Crippen LogP contribution in [0, 0.1) is 11.6 Å². The van der Waals surface area contributed by atoms with Gasteiger partial charge in [0, 0.05) is 12.3 Å². The highest BCUT2D eigenvalue weighted by Gasteiger charge is 2.27. The standard InChI is InChI=1S/C25H24F2N4O2S2/c1-2-31-24(28-29-25(31)34-17-19-9-6-10-21(27)15-19)23(16-18-7-4-3-5-8-18)30-35(32,33)22-13-11-20(26)12-14-22/h3-15,23,30H,2,16-17H2,1H3/t23-/m1/s1. The van der Waals surface area contributed by atoms with E-state index < -0.39 is 21.9 Å². The Morgan fingerprint density at radius 2 is 1.63 bits per heavy atom. The molecule has 0 aliphatic heterocycles. The average Bonchev–Trinajstić information content (AvgIpc) is 3.26. The van der Waals surface area contributed by atoms with Gasteiger partial charge in [0.1, 0.15) is 11.6 Å². The van der Waals surface area contributed by atoms with Crippen LogP contribution in [0.15, 0.2) is 88.9 Å². The molecule has 6 nitrogen and oxygen atoms in total. The van der Waals surface area contributed by atoms with Crippen molar-refractivity contribution in [3.63, 3.8) is 0 Å². The zero-order valence-corrected chi connectivity index (χ0v) is 20.6. The van der Waals surface area contributed by atoms with E-state index in [1.807, 2.05) is 47.9 Å². The Morgan fingerprint density at radius 3 is 2.31 bits per heavy atom. The summed E-state index contributed by atoms with van der Waals surface area (Å²) in [6.45, 7) is 2.44. The molecule has 4 rings (SSSR count). The van der Waals surface area contributed by atoms with Gasteiger partial charge in [0.25, 0.3) is 0 Å². The number of rotatable bonds is 10. The van der Waals surface area contributed by atoms with Crippen molar-refractivity contribution in [1.29, 1.82) is 0 Å². The second-order valence-electron chi connectivity index (χ2n) is 7.82. The fraction of sp³-hybridized carbons (Fsp3) is 0.200. The average molecular weight is 515 g/mol. The lowest BCUT2D eigenvalue weighted by Crippen LogP contribution is -2.32. The molecule has 35 heavy (non-hydrogen) atoms. The second-order valence-corrected chi connectivity index (χ2v) is 10.5. The monoisotopic (exact) mass is 514 g/mol. The summed E-state index contributed by atoms with van der Waals surface area (Å²) in [5, 5.41) is 9.24. The van der Waals surface area contributed by atoms with Crippen LogP contribution in [0.2, 0.25) is 0 Å². The molecule has 3 aromatic carbocycles. The number of sulfonamides is 1. The van der Waals surface area contributed by atoms with E-state index in [1.54, 1.807) is 6.07 Å². The zero-order valence-electron chi connectivity index (χ0n) is 18.9. The van der Waals surface area contributed by atoms with Crippen molar-refractivity contribution in [3.05, 3.63) is 107 Å². The van der Waals surface area contributed by atoms with Crippen molar-refractivity contribution < 1.29 is 17.2 Å². The van der Waals surface area contributed by atoms with Crippen molar-refractivity contribution in [1.82, 2.24) is 19.5 Å². The van der Waals surface area contributed by atoms with Crippen molar-refractivity contribution in [3.8, 4) is 0 Å². The van der Waals surface area contributed by atoms with E-state index in [2.05, 4.69) is 14.9 Å². The molecule has 4 aromatic rings. The van der Waals surface area contributed by atoms with Gasteiger partial charge in [0.15, 0.2) is 11.0 Å². The molecule has 1 N–H and O–H groups in total. The van der Waals surface area contributed by atoms with Gasteiger partial charge >= 0.3 is 0 Å². The van der Waals surface area contributed by atoms with Gasteiger partial charge in [0.2, 0.25) is 10.0 Å². The van der Waals surface area contributed by atoms with Crippen molar-refractivity contribution in [2.24, 2.45) is 0 Å². The number of hydrogen-bond acceptors (Lipinski definition) is 5. The van der Waals surface area contributed by atoms with E-state index in [0.29, 0.717) is 29.7 Å². The first-order valence-electron chi connectivity index (χ1n) is 11.0. The molecular weight excluding hydrogens is 490 g/mol. The molecule has 0 bridgehead atoms. The summed E-state index contributed by atoms with van der Waals surface area (Å²) in [5.74, 6) is 0.124. The number of nitrogens with zero attached hydrogens (tertiary/aromatic N) is 3. The summed E-state index contributed by atoms with van der Waals surface area (Å²) in [5.41, 5.74) is 1.72. The quantitative estimate of drug-likeness (QED) is 0.297. The van der Waals surface area contributed by atoms with Crippen LogP contribution in [0.4, 0.5) is 8.78 Å². The molecule has 182 valence electrons. The lowest BCUT2D eigenvalue weighted by Gasteiger charge is -2.19. The Bertz CT molecular complexity index is 1380. The molecule has 0 saturated heterocycles. The molecule has 1 atom stereocenters. The van der Waals surface area contributed by atoms with Gasteiger partial charge in [-0.25, -0.2) is 21.9 Å². The van der Waals surface area contributed by atoms with Gasteiger partial charge in [-0.05, 0) is 60.9 Å². The van der Waals surface area contributed by atoms with Crippen molar-refractivity contribution in [2.45, 2.75) is 41.7 Å². The minimum absolute atomic E-state index is 0.0415. The summed E-state index contributed by atoms with van der Waals surface area (Å²) >= 11 is 1.40. The third-order valence-electron chi connectivity index (χ3n) is 5.33. The molecular formula is C25H24F2N4O2S2. The first kappa shape index (κ1) is 25.0. The Labute approximate surface area is 207 Å². The summed E-state index contributed by atoms with van der Waals surface area (Å²) in [4.78, 5) is -0.0415. The van der Waals surface area contributed by atoms with E-state index in [-0.39, 0.29) is 10.7 Å². The van der Waals surface area contributed by atoms with Crippen molar-refractivity contribution in [2.75, 3.05) is 0 Å². The van der Waals surface area contributed by atoms with Gasteiger partial charge in [-0.15, -0.1) is 10.2 Å². The van der Waals surface area contributed by atoms with Gasteiger partial charge < -0.3 is 4.57 Å². The second kappa shape index (κ2) is 11.1. The molecule has 0 aliphatic rings. The SMILES string of the molecule is CCn1c(SCc2cccc(F)c2)nnc1[C@@H](Cc1ccccc1)NS(=O)(=O)c1ccc(F)cc1. The molecule has 0 aliphatic carbocycles. The number of halogens is 2. The van der Waals surface area contributed by atoms with Crippen LogP contribution in [0.25, 0.3) is 0 Å². The van der Waals surface area contributed by atoms with Crippen LogP contribution in [-0.4, -0.2) is 23.2 Å². The number of thioether (sulfide) groups is 1. The van der Waals surface area contributed by atoms with E-state index in [9.17, 15) is 17.2 Å². The molecule has 10 heteroatoms. The molecule has 0 amide bonds. The highest BCUT2D eigenvalue weighted by atomic mass is 32.2. The lowest BCUT2D eigenvalue weighted by molar-refractivity contribution is 0.517.